The van der Waals surface area contributed by atoms with E-state index in [-0.39, 0.29) is 5.78 Å². The maximum Gasteiger partial charge on any atom is 0.164 e. The van der Waals surface area contributed by atoms with Crippen LogP contribution >= 0.6 is 0 Å². The molecule has 0 spiro atoms. The first kappa shape index (κ1) is 12.3. The summed E-state index contributed by atoms with van der Waals surface area (Å²) in [5, 5.41) is 3.19. The smallest absolute Gasteiger partial charge is 0.164 e. The van der Waals surface area contributed by atoms with Crippen LogP contribution in [0.5, 0.6) is 0 Å². The zero-order valence-electron chi connectivity index (χ0n) is 10.5. The van der Waals surface area contributed by atoms with E-state index in [1.165, 1.54) is 24.8 Å². The van der Waals surface area contributed by atoms with E-state index in [4.69, 9.17) is 0 Å². The van der Waals surface area contributed by atoms with Crippen molar-refractivity contribution < 1.29 is 4.79 Å². The third-order valence-corrected chi connectivity index (χ3v) is 3.56. The number of ketones is 1. The molecule has 2 rings (SSSR count). The van der Waals surface area contributed by atoms with Gasteiger partial charge in [-0.3, -0.25) is 4.79 Å². The van der Waals surface area contributed by atoms with E-state index in [1.807, 2.05) is 12.1 Å². The first-order valence-electron chi connectivity index (χ1n) is 6.65. The van der Waals surface area contributed by atoms with Gasteiger partial charge in [0.25, 0.3) is 0 Å². The monoisotopic (exact) mass is 231 g/mol. The van der Waals surface area contributed by atoms with Crippen LogP contribution < -0.4 is 5.32 Å². The Hall–Kier alpha value is -1.15. The van der Waals surface area contributed by atoms with Crippen LogP contribution in [0.1, 0.15) is 54.4 Å². The van der Waals surface area contributed by atoms with Gasteiger partial charge in [0.2, 0.25) is 0 Å². The van der Waals surface area contributed by atoms with Crippen molar-refractivity contribution in [1.82, 2.24) is 5.32 Å². The molecule has 92 valence electrons. The van der Waals surface area contributed by atoms with Crippen LogP contribution in [-0.4, -0.2) is 18.9 Å². The van der Waals surface area contributed by atoms with Crippen LogP contribution in [0.25, 0.3) is 0 Å². The van der Waals surface area contributed by atoms with Gasteiger partial charge in [-0.05, 0) is 36.9 Å². The van der Waals surface area contributed by atoms with Gasteiger partial charge in [-0.15, -0.1) is 0 Å². The lowest BCUT2D eigenvalue weighted by Crippen LogP contribution is -2.17. The maximum absolute atomic E-state index is 12.0. The summed E-state index contributed by atoms with van der Waals surface area (Å²) >= 11 is 0. The Balaban J connectivity index is 1.97. The van der Waals surface area contributed by atoms with Gasteiger partial charge in [0.15, 0.2) is 5.78 Å². The lowest BCUT2D eigenvalue weighted by molar-refractivity contribution is 0.0982. The van der Waals surface area contributed by atoms with E-state index in [9.17, 15) is 4.79 Å². The minimum absolute atomic E-state index is 0.257. The Morgan fingerprint density at radius 3 is 2.88 bits per heavy atom. The number of nitrogens with one attached hydrogen (secondary N) is 1. The highest BCUT2D eigenvalue weighted by molar-refractivity contribution is 5.96. The highest BCUT2D eigenvalue weighted by atomic mass is 16.1. The molecule has 1 aromatic carbocycles. The van der Waals surface area contributed by atoms with Crippen molar-refractivity contribution in [3.05, 3.63) is 35.4 Å². The van der Waals surface area contributed by atoms with E-state index in [1.54, 1.807) is 0 Å². The van der Waals surface area contributed by atoms with Gasteiger partial charge in [-0.25, -0.2) is 0 Å². The van der Waals surface area contributed by atoms with Crippen LogP contribution in [0.3, 0.4) is 0 Å². The van der Waals surface area contributed by atoms with E-state index < -0.39 is 0 Å². The molecular weight excluding hydrogens is 210 g/mol. The molecule has 1 fully saturated rings. The predicted octanol–water partition coefficient (Wildman–Crippen LogP) is 3.14. The van der Waals surface area contributed by atoms with Crippen molar-refractivity contribution >= 4 is 5.78 Å². The van der Waals surface area contributed by atoms with E-state index in [0.717, 1.165) is 18.7 Å². The Labute approximate surface area is 103 Å². The molecule has 0 radical (unpaired) electrons. The molecular formula is C15H21NO. The molecule has 0 aromatic heterocycles. The average Bonchev–Trinajstić information content (AvgIpc) is 2.27. The molecule has 1 N–H and O–H groups in total. The second kappa shape index (κ2) is 5.97. The highest BCUT2D eigenvalue weighted by Gasteiger charge is 2.20. The SMILES string of the molecule is CCNCCC(=O)c1cccc(C2CCC2)c1. The molecule has 1 saturated carbocycles. The molecule has 0 saturated heterocycles. The fourth-order valence-electron chi connectivity index (χ4n) is 2.23. The summed E-state index contributed by atoms with van der Waals surface area (Å²) in [4.78, 5) is 12.0. The second-order valence-electron chi connectivity index (χ2n) is 4.78. The van der Waals surface area contributed by atoms with E-state index >= 15 is 0 Å². The lowest BCUT2D eigenvalue weighted by atomic mass is 9.79. The highest BCUT2D eigenvalue weighted by Crippen LogP contribution is 2.36. The summed E-state index contributed by atoms with van der Waals surface area (Å²) in [6.07, 6.45) is 4.51. The largest absolute Gasteiger partial charge is 0.317 e. The molecule has 2 heteroatoms. The van der Waals surface area contributed by atoms with Crippen molar-refractivity contribution in [3.63, 3.8) is 0 Å². The third kappa shape index (κ3) is 3.16. The second-order valence-corrected chi connectivity index (χ2v) is 4.78. The maximum atomic E-state index is 12.0. The lowest BCUT2D eigenvalue weighted by Gasteiger charge is -2.26. The van der Waals surface area contributed by atoms with Gasteiger partial charge in [0.05, 0.1) is 0 Å². The van der Waals surface area contributed by atoms with Gasteiger partial charge in [-0.2, -0.15) is 0 Å². The zero-order chi connectivity index (χ0) is 12.1. The van der Waals surface area contributed by atoms with Gasteiger partial charge < -0.3 is 5.32 Å². The van der Waals surface area contributed by atoms with Gasteiger partial charge >= 0.3 is 0 Å². The molecule has 1 aliphatic carbocycles. The molecule has 1 aliphatic rings. The van der Waals surface area contributed by atoms with Crippen molar-refractivity contribution in [2.24, 2.45) is 0 Å². The molecule has 0 heterocycles. The van der Waals surface area contributed by atoms with Gasteiger partial charge in [0, 0.05) is 18.5 Å². The standard InChI is InChI=1S/C15H21NO/c1-2-16-10-9-15(17)14-8-4-7-13(11-14)12-5-3-6-12/h4,7-8,11-12,16H,2-3,5-6,9-10H2,1H3. The van der Waals surface area contributed by atoms with E-state index in [0.29, 0.717) is 12.3 Å². The number of carbonyl (C=O) groups excluding carboxylic acids is 1. The van der Waals surface area contributed by atoms with Crippen molar-refractivity contribution in [2.75, 3.05) is 13.1 Å². The summed E-state index contributed by atoms with van der Waals surface area (Å²) in [6.45, 7) is 3.76. The van der Waals surface area contributed by atoms with Crippen molar-refractivity contribution in [3.8, 4) is 0 Å². The predicted molar refractivity (Wildman–Crippen MR) is 70.5 cm³/mol. The Kier molecular flexibility index (Phi) is 4.32. The first-order valence-corrected chi connectivity index (χ1v) is 6.65. The fraction of sp³-hybridized carbons (Fsp3) is 0.533. The average molecular weight is 231 g/mol. The summed E-state index contributed by atoms with van der Waals surface area (Å²) in [5.74, 6) is 0.962. The third-order valence-electron chi connectivity index (χ3n) is 3.56. The number of carbonyl (C=O) groups is 1. The van der Waals surface area contributed by atoms with Crippen molar-refractivity contribution in [2.45, 2.75) is 38.5 Å². The van der Waals surface area contributed by atoms with Gasteiger partial charge in [-0.1, -0.05) is 31.5 Å². The van der Waals surface area contributed by atoms with Crippen LogP contribution in [0.2, 0.25) is 0 Å². The minimum atomic E-state index is 0.257. The summed E-state index contributed by atoms with van der Waals surface area (Å²) in [7, 11) is 0. The fourth-order valence-corrected chi connectivity index (χ4v) is 2.23. The Morgan fingerprint density at radius 1 is 1.41 bits per heavy atom. The normalized spacial score (nSPS) is 15.6. The van der Waals surface area contributed by atoms with Crippen LogP contribution in [-0.2, 0) is 0 Å². The molecule has 0 atom stereocenters. The van der Waals surface area contributed by atoms with Gasteiger partial charge in [0.1, 0.15) is 0 Å². The number of rotatable bonds is 6. The zero-order valence-corrected chi connectivity index (χ0v) is 10.5. The number of Topliss-reactive ketones (excluding diaryl/α,β-unsaturated/α-hetero) is 1. The molecule has 0 aliphatic heterocycles. The number of hydrogen-bond acceptors (Lipinski definition) is 2. The Morgan fingerprint density at radius 2 is 2.24 bits per heavy atom. The molecule has 0 unspecified atom stereocenters. The van der Waals surface area contributed by atoms with Crippen LogP contribution in [0, 0.1) is 0 Å². The Bertz CT molecular complexity index is 382. The van der Waals surface area contributed by atoms with E-state index in [2.05, 4.69) is 24.4 Å². The minimum Gasteiger partial charge on any atom is -0.317 e. The molecule has 17 heavy (non-hydrogen) atoms. The topological polar surface area (TPSA) is 29.1 Å². The summed E-state index contributed by atoms with van der Waals surface area (Å²) in [6, 6.07) is 8.22. The first-order chi connectivity index (χ1) is 8.31. The number of hydrogen-bond donors (Lipinski definition) is 1. The molecule has 0 amide bonds. The number of benzene rings is 1. The van der Waals surface area contributed by atoms with Crippen molar-refractivity contribution in [1.29, 1.82) is 0 Å². The molecule has 0 bridgehead atoms. The van der Waals surface area contributed by atoms with Crippen LogP contribution in [0.15, 0.2) is 24.3 Å². The quantitative estimate of drug-likeness (QED) is 0.602. The summed E-state index contributed by atoms with van der Waals surface area (Å²) < 4.78 is 0. The van der Waals surface area contributed by atoms with Crippen LogP contribution in [0.4, 0.5) is 0 Å². The molecule has 1 aromatic rings. The summed E-state index contributed by atoms with van der Waals surface area (Å²) in [5.41, 5.74) is 2.23. The molecule has 2 nitrogen and oxygen atoms in total.